The van der Waals surface area contributed by atoms with Crippen molar-refractivity contribution in [3.63, 3.8) is 0 Å². The van der Waals surface area contributed by atoms with E-state index in [-0.39, 0.29) is 28.7 Å². The normalized spacial score (nSPS) is 15.0. The molecule has 128 valence electrons. The van der Waals surface area contributed by atoms with Gasteiger partial charge in [-0.15, -0.1) is 0 Å². The van der Waals surface area contributed by atoms with Gasteiger partial charge in [0, 0.05) is 37.1 Å². The molecule has 1 aromatic carbocycles. The van der Waals surface area contributed by atoms with Crippen molar-refractivity contribution < 1.29 is 13.3 Å². The molecule has 1 fully saturated rings. The van der Waals surface area contributed by atoms with Crippen LogP contribution in [0.25, 0.3) is 0 Å². The number of imidazole rings is 1. The van der Waals surface area contributed by atoms with Crippen LogP contribution in [0.15, 0.2) is 35.5 Å². The standard InChI is InChI=1S/C15H18N4O4S/c1-11-13(19(20)21)4-3-5-14(11)24(22,23)18(12-6-7-12)10-15-16-8-9-17(15)2/h3-5,8-9,12H,6-7,10H2,1-2H3. The second-order valence-electron chi connectivity index (χ2n) is 5.89. The van der Waals surface area contributed by atoms with E-state index >= 15 is 0 Å². The summed E-state index contributed by atoms with van der Waals surface area (Å²) in [5, 5.41) is 11.1. The van der Waals surface area contributed by atoms with Crippen LogP contribution in [0, 0.1) is 17.0 Å². The van der Waals surface area contributed by atoms with Gasteiger partial charge in [0.1, 0.15) is 5.82 Å². The minimum Gasteiger partial charge on any atom is -0.337 e. The Morgan fingerprint density at radius 1 is 1.42 bits per heavy atom. The second kappa shape index (κ2) is 5.99. The maximum atomic E-state index is 13.1. The Balaban J connectivity index is 2.03. The lowest BCUT2D eigenvalue weighted by atomic mass is 10.2. The van der Waals surface area contributed by atoms with E-state index in [9.17, 15) is 18.5 Å². The summed E-state index contributed by atoms with van der Waals surface area (Å²) in [6.45, 7) is 1.62. The second-order valence-corrected chi connectivity index (χ2v) is 7.75. The number of sulfonamides is 1. The summed E-state index contributed by atoms with van der Waals surface area (Å²) in [6, 6.07) is 4.06. The highest BCUT2D eigenvalue weighted by molar-refractivity contribution is 7.89. The average molecular weight is 350 g/mol. The Morgan fingerprint density at radius 3 is 2.67 bits per heavy atom. The number of rotatable bonds is 6. The first-order valence-corrected chi connectivity index (χ1v) is 8.98. The van der Waals surface area contributed by atoms with Crippen molar-refractivity contribution in [3.8, 4) is 0 Å². The van der Waals surface area contributed by atoms with Crippen molar-refractivity contribution in [1.82, 2.24) is 13.9 Å². The summed E-state index contributed by atoms with van der Waals surface area (Å²) in [5.41, 5.74) is -0.0307. The minimum absolute atomic E-state index is 0.0159. The summed E-state index contributed by atoms with van der Waals surface area (Å²) in [4.78, 5) is 14.7. The van der Waals surface area contributed by atoms with Gasteiger partial charge in [0.05, 0.1) is 16.4 Å². The zero-order valence-electron chi connectivity index (χ0n) is 13.4. The summed E-state index contributed by atoms with van der Waals surface area (Å²) in [6.07, 6.45) is 4.95. The van der Waals surface area contributed by atoms with Crippen LogP contribution >= 0.6 is 0 Å². The monoisotopic (exact) mass is 350 g/mol. The van der Waals surface area contributed by atoms with Gasteiger partial charge in [-0.05, 0) is 25.8 Å². The van der Waals surface area contributed by atoms with E-state index in [0.717, 1.165) is 12.8 Å². The Hall–Kier alpha value is -2.26. The highest BCUT2D eigenvalue weighted by atomic mass is 32.2. The Morgan fingerprint density at radius 2 is 2.12 bits per heavy atom. The number of nitro benzene ring substituents is 1. The van der Waals surface area contributed by atoms with E-state index in [1.165, 1.54) is 29.4 Å². The van der Waals surface area contributed by atoms with Gasteiger partial charge in [-0.3, -0.25) is 10.1 Å². The lowest BCUT2D eigenvalue weighted by Gasteiger charge is -2.22. The molecular weight excluding hydrogens is 332 g/mol. The molecule has 9 heteroatoms. The van der Waals surface area contributed by atoms with Gasteiger partial charge in [0.2, 0.25) is 10.0 Å². The molecule has 0 saturated heterocycles. The maximum absolute atomic E-state index is 13.1. The average Bonchev–Trinajstić information content (AvgIpc) is 3.27. The van der Waals surface area contributed by atoms with Gasteiger partial charge in [0.25, 0.3) is 5.69 Å². The first kappa shape index (κ1) is 16.6. The third-order valence-corrected chi connectivity index (χ3v) is 6.25. The van der Waals surface area contributed by atoms with Crippen LogP contribution in [-0.4, -0.2) is 33.2 Å². The fourth-order valence-electron chi connectivity index (χ4n) is 2.67. The van der Waals surface area contributed by atoms with Crippen molar-refractivity contribution in [2.45, 2.75) is 37.2 Å². The summed E-state index contributed by atoms with van der Waals surface area (Å²) in [7, 11) is -2.04. The first-order chi connectivity index (χ1) is 11.3. The van der Waals surface area contributed by atoms with Crippen LogP contribution in [-0.2, 0) is 23.6 Å². The molecule has 24 heavy (non-hydrogen) atoms. The van der Waals surface area contributed by atoms with Crippen molar-refractivity contribution in [2.75, 3.05) is 0 Å². The van der Waals surface area contributed by atoms with Gasteiger partial charge in [0.15, 0.2) is 0 Å². The number of aryl methyl sites for hydroxylation is 1. The minimum atomic E-state index is -3.84. The SMILES string of the molecule is Cc1c([N+](=O)[O-])cccc1S(=O)(=O)N(Cc1nccn1C)C1CC1. The number of hydrogen-bond acceptors (Lipinski definition) is 5. The fourth-order valence-corrected chi connectivity index (χ4v) is 4.55. The van der Waals surface area contributed by atoms with E-state index < -0.39 is 14.9 Å². The summed E-state index contributed by atoms with van der Waals surface area (Å²) >= 11 is 0. The lowest BCUT2D eigenvalue weighted by molar-refractivity contribution is -0.385. The number of nitro groups is 1. The predicted octanol–water partition coefficient (Wildman–Crippen LogP) is 1.99. The van der Waals surface area contributed by atoms with Crippen LogP contribution < -0.4 is 0 Å². The van der Waals surface area contributed by atoms with Gasteiger partial charge >= 0.3 is 0 Å². The molecule has 8 nitrogen and oxygen atoms in total. The smallest absolute Gasteiger partial charge is 0.273 e. The molecule has 0 unspecified atom stereocenters. The zero-order valence-corrected chi connectivity index (χ0v) is 14.2. The third kappa shape index (κ3) is 2.92. The Kier molecular flexibility index (Phi) is 4.14. The molecule has 1 aliphatic rings. The largest absolute Gasteiger partial charge is 0.337 e. The summed E-state index contributed by atoms with van der Waals surface area (Å²) in [5.74, 6) is 0.633. The van der Waals surface area contributed by atoms with E-state index in [1.54, 1.807) is 24.0 Å². The molecule has 0 atom stereocenters. The number of benzene rings is 1. The molecular formula is C15H18N4O4S. The molecule has 0 bridgehead atoms. The Labute approximate surface area is 139 Å². The molecule has 1 aliphatic carbocycles. The third-order valence-electron chi connectivity index (χ3n) is 4.21. The molecule has 0 spiro atoms. The number of hydrogen-bond donors (Lipinski definition) is 0. The van der Waals surface area contributed by atoms with Crippen molar-refractivity contribution >= 4 is 15.7 Å². The van der Waals surface area contributed by atoms with Crippen LogP contribution in [0.4, 0.5) is 5.69 Å². The highest BCUT2D eigenvalue weighted by Gasteiger charge is 2.40. The zero-order chi connectivity index (χ0) is 17.5. The molecule has 0 amide bonds. The van der Waals surface area contributed by atoms with E-state index in [0.29, 0.717) is 5.82 Å². The molecule has 1 saturated carbocycles. The molecule has 0 N–H and O–H groups in total. The highest BCUT2D eigenvalue weighted by Crippen LogP contribution is 2.35. The van der Waals surface area contributed by atoms with Gasteiger partial charge < -0.3 is 4.57 Å². The van der Waals surface area contributed by atoms with Crippen molar-refractivity contribution in [1.29, 1.82) is 0 Å². The quantitative estimate of drug-likeness (QED) is 0.586. The topological polar surface area (TPSA) is 98.3 Å². The van der Waals surface area contributed by atoms with Crippen LogP contribution in [0.1, 0.15) is 24.2 Å². The lowest BCUT2D eigenvalue weighted by Crippen LogP contribution is -2.34. The molecule has 2 aromatic rings. The van der Waals surface area contributed by atoms with E-state index in [4.69, 9.17) is 0 Å². The van der Waals surface area contributed by atoms with E-state index in [1.807, 2.05) is 0 Å². The van der Waals surface area contributed by atoms with Gasteiger partial charge in [-0.2, -0.15) is 4.31 Å². The molecule has 1 aromatic heterocycles. The predicted molar refractivity (Wildman–Crippen MR) is 86.8 cm³/mol. The van der Waals surface area contributed by atoms with Gasteiger partial charge in [-0.1, -0.05) is 6.07 Å². The molecule has 0 radical (unpaired) electrons. The number of nitrogens with zero attached hydrogens (tertiary/aromatic N) is 4. The molecule has 1 heterocycles. The van der Waals surface area contributed by atoms with Crippen molar-refractivity contribution in [3.05, 3.63) is 52.1 Å². The van der Waals surface area contributed by atoms with Crippen LogP contribution in [0.3, 0.4) is 0 Å². The van der Waals surface area contributed by atoms with Gasteiger partial charge in [-0.25, -0.2) is 13.4 Å². The first-order valence-electron chi connectivity index (χ1n) is 7.54. The van der Waals surface area contributed by atoms with Crippen LogP contribution in [0.2, 0.25) is 0 Å². The molecule has 3 rings (SSSR count). The maximum Gasteiger partial charge on any atom is 0.273 e. The van der Waals surface area contributed by atoms with E-state index in [2.05, 4.69) is 4.98 Å². The Bertz CT molecular complexity index is 887. The van der Waals surface area contributed by atoms with Crippen molar-refractivity contribution in [2.24, 2.45) is 7.05 Å². The molecule has 0 aliphatic heterocycles. The van der Waals surface area contributed by atoms with Crippen LogP contribution in [0.5, 0.6) is 0 Å². The number of aromatic nitrogens is 2. The fraction of sp³-hybridized carbons (Fsp3) is 0.400. The summed E-state index contributed by atoms with van der Waals surface area (Å²) < 4.78 is 29.4.